The van der Waals surface area contributed by atoms with Crippen molar-refractivity contribution in [1.82, 2.24) is 0 Å². The molecule has 5 N–H and O–H groups in total. The predicted octanol–water partition coefficient (Wildman–Crippen LogP) is 11.8. The van der Waals surface area contributed by atoms with Crippen molar-refractivity contribution in [3.05, 3.63) is 36.5 Å². The molecule has 0 amide bonds. The van der Waals surface area contributed by atoms with E-state index in [4.69, 9.17) is 14.0 Å². The van der Waals surface area contributed by atoms with Crippen molar-refractivity contribution in [3.8, 4) is 0 Å². The lowest BCUT2D eigenvalue weighted by Crippen LogP contribution is -2.25. The van der Waals surface area contributed by atoms with Gasteiger partial charge in [-0.3, -0.25) is 27.7 Å². The number of phosphoric acid groups is 2. The Labute approximate surface area is 398 Å². The molecule has 15 nitrogen and oxygen atoms in total. The van der Waals surface area contributed by atoms with Crippen LogP contribution in [0.15, 0.2) is 36.5 Å². The van der Waals surface area contributed by atoms with Crippen molar-refractivity contribution >= 4 is 27.6 Å². The van der Waals surface area contributed by atoms with Crippen LogP contribution in [0.4, 0.5) is 0 Å². The molecule has 66 heavy (non-hydrogen) atoms. The third-order valence-corrected chi connectivity index (χ3v) is 12.5. The smallest absolute Gasteiger partial charge is 0.463 e. The molecule has 0 aliphatic heterocycles. The van der Waals surface area contributed by atoms with Gasteiger partial charge in [0, 0.05) is 12.8 Å². The summed E-state index contributed by atoms with van der Waals surface area (Å²) in [5.41, 5.74) is 0. The monoisotopic (exact) mass is 983 g/mol. The first kappa shape index (κ1) is 64.3. The highest BCUT2D eigenvalue weighted by Gasteiger charge is 2.28. The van der Waals surface area contributed by atoms with E-state index >= 15 is 0 Å². The van der Waals surface area contributed by atoms with Crippen molar-refractivity contribution in [2.45, 2.75) is 225 Å². The highest BCUT2D eigenvalue weighted by molar-refractivity contribution is 7.47. The molecule has 17 heteroatoms. The molecule has 0 aromatic heterocycles. The molecule has 0 aromatic rings. The Hall–Kier alpha value is -1.74. The largest absolute Gasteiger partial charge is 0.472 e. The Kier molecular flexibility index (Phi) is 44.5. The second kappa shape index (κ2) is 45.7. The number of aliphatic hydroxyl groups excluding tert-OH is 3. The van der Waals surface area contributed by atoms with Gasteiger partial charge >= 0.3 is 27.6 Å². The first-order chi connectivity index (χ1) is 31.8. The normalized spacial score (nSPS) is 15.3. The zero-order chi connectivity index (χ0) is 48.8. The van der Waals surface area contributed by atoms with E-state index in [1.165, 1.54) is 103 Å². The van der Waals surface area contributed by atoms with Gasteiger partial charge in [0.25, 0.3) is 0 Å². The van der Waals surface area contributed by atoms with E-state index < -0.39 is 85.5 Å². The molecular weight excluding hydrogens is 890 g/mol. The standard InChI is InChI=1S/C49H92O15P2/c1-3-5-7-9-11-13-15-17-19-20-21-22-24-26-28-30-32-34-36-38-49(54)60-40-46(51)42-62-66(57,58)64-44-47(52)43-63-65(55,56)61-41-45(50)39-59-48(53)37-35-33-31-29-27-25-23-18-16-14-12-10-8-6-4-2/h12,14,16-19,45-47,50-52H,3-11,13,15,20-44H2,1-2H3,(H,55,56)(H,57,58)/b14-12+,18-16+,19-17+. The van der Waals surface area contributed by atoms with Crippen LogP contribution in [0.1, 0.15) is 206 Å². The lowest BCUT2D eigenvalue weighted by atomic mass is 10.1. The molecule has 0 fully saturated rings. The number of carbonyl (C=O) groups excluding carboxylic acids is 2. The summed E-state index contributed by atoms with van der Waals surface area (Å²) in [5.74, 6) is -1.00. The van der Waals surface area contributed by atoms with Crippen LogP contribution in [-0.4, -0.2) is 95.0 Å². The van der Waals surface area contributed by atoms with Crippen molar-refractivity contribution in [2.75, 3.05) is 39.6 Å². The van der Waals surface area contributed by atoms with Crippen LogP contribution in [0.2, 0.25) is 0 Å². The summed E-state index contributed by atoms with van der Waals surface area (Å²) in [4.78, 5) is 43.8. The van der Waals surface area contributed by atoms with Gasteiger partial charge in [-0.1, -0.05) is 166 Å². The fraction of sp³-hybridized carbons (Fsp3) is 0.837. The minimum atomic E-state index is -4.79. The number of unbranched alkanes of at least 4 members (excludes halogenated alkanes) is 24. The van der Waals surface area contributed by atoms with Gasteiger partial charge in [0.1, 0.15) is 31.5 Å². The van der Waals surface area contributed by atoms with Gasteiger partial charge < -0.3 is 34.6 Å². The predicted molar refractivity (Wildman–Crippen MR) is 261 cm³/mol. The summed E-state index contributed by atoms with van der Waals surface area (Å²) in [6, 6.07) is 0. The quantitative estimate of drug-likeness (QED) is 0.0126. The Morgan fingerprint density at radius 2 is 0.652 bits per heavy atom. The second-order valence-corrected chi connectivity index (χ2v) is 20.1. The summed E-state index contributed by atoms with van der Waals surface area (Å²) in [6.07, 6.45) is 41.3. The summed E-state index contributed by atoms with van der Waals surface area (Å²) < 4.78 is 53.0. The molecule has 0 radical (unpaired) electrons. The fourth-order valence-corrected chi connectivity index (χ4v) is 8.20. The summed E-state index contributed by atoms with van der Waals surface area (Å²) in [7, 11) is -9.57. The molecule has 0 saturated heterocycles. The molecule has 0 aromatic carbocycles. The molecule has 5 atom stereocenters. The summed E-state index contributed by atoms with van der Waals surface area (Å²) >= 11 is 0. The molecule has 0 spiro atoms. The van der Waals surface area contributed by atoms with E-state index in [1.807, 2.05) is 0 Å². The second-order valence-electron chi connectivity index (χ2n) is 17.2. The Morgan fingerprint density at radius 1 is 0.394 bits per heavy atom. The maximum absolute atomic E-state index is 12.2. The van der Waals surface area contributed by atoms with Crippen LogP contribution < -0.4 is 0 Å². The van der Waals surface area contributed by atoms with Crippen LogP contribution in [0, 0.1) is 0 Å². The number of carbonyl (C=O) groups is 2. The number of esters is 2. The number of phosphoric ester groups is 2. The van der Waals surface area contributed by atoms with Gasteiger partial charge in [-0.05, 0) is 64.2 Å². The van der Waals surface area contributed by atoms with Crippen molar-refractivity contribution in [3.63, 3.8) is 0 Å². The van der Waals surface area contributed by atoms with E-state index in [1.54, 1.807) is 0 Å². The highest BCUT2D eigenvalue weighted by Crippen LogP contribution is 2.45. The first-order valence-electron chi connectivity index (χ1n) is 25.4. The number of rotatable bonds is 49. The molecule has 0 aliphatic rings. The molecule has 388 valence electrons. The van der Waals surface area contributed by atoms with Crippen LogP contribution in [0.5, 0.6) is 0 Å². The fourth-order valence-electron chi connectivity index (χ4n) is 6.61. The number of ether oxygens (including phenoxy) is 2. The lowest BCUT2D eigenvalue weighted by molar-refractivity contribution is -0.148. The zero-order valence-electron chi connectivity index (χ0n) is 40.9. The Morgan fingerprint density at radius 3 is 1.00 bits per heavy atom. The third-order valence-electron chi connectivity index (χ3n) is 10.6. The number of hydrogen-bond donors (Lipinski definition) is 5. The van der Waals surface area contributed by atoms with Crippen LogP contribution in [-0.2, 0) is 46.3 Å². The molecule has 0 saturated carbocycles. The van der Waals surface area contributed by atoms with Crippen LogP contribution in [0.3, 0.4) is 0 Å². The van der Waals surface area contributed by atoms with Gasteiger partial charge in [-0.2, -0.15) is 0 Å². The van der Waals surface area contributed by atoms with E-state index in [0.717, 1.165) is 64.2 Å². The number of allylic oxidation sites excluding steroid dienone is 6. The summed E-state index contributed by atoms with van der Waals surface area (Å²) in [5, 5.41) is 30.0. The number of hydrogen-bond acceptors (Lipinski definition) is 13. The third kappa shape index (κ3) is 47.3. The molecule has 0 aliphatic carbocycles. The minimum absolute atomic E-state index is 0.184. The van der Waals surface area contributed by atoms with E-state index in [9.17, 15) is 43.8 Å². The van der Waals surface area contributed by atoms with Crippen LogP contribution >= 0.6 is 15.6 Å². The average molecular weight is 983 g/mol. The van der Waals surface area contributed by atoms with Crippen molar-refractivity contribution in [1.29, 1.82) is 0 Å². The van der Waals surface area contributed by atoms with Gasteiger partial charge in [0.15, 0.2) is 0 Å². The Bertz CT molecular complexity index is 1330. The van der Waals surface area contributed by atoms with Gasteiger partial charge in [-0.25, -0.2) is 9.13 Å². The maximum atomic E-state index is 12.2. The van der Waals surface area contributed by atoms with Crippen molar-refractivity contribution < 1.29 is 71.4 Å². The molecular formula is C49H92O15P2. The van der Waals surface area contributed by atoms with E-state index in [2.05, 4.69) is 63.9 Å². The van der Waals surface area contributed by atoms with Crippen molar-refractivity contribution in [2.24, 2.45) is 0 Å². The Balaban J connectivity index is 3.86. The van der Waals surface area contributed by atoms with E-state index in [-0.39, 0.29) is 12.8 Å². The average Bonchev–Trinajstić information content (AvgIpc) is 3.29. The maximum Gasteiger partial charge on any atom is 0.472 e. The molecule has 0 rings (SSSR count). The lowest BCUT2D eigenvalue weighted by Gasteiger charge is -2.19. The minimum Gasteiger partial charge on any atom is -0.463 e. The first-order valence-corrected chi connectivity index (χ1v) is 28.3. The van der Waals surface area contributed by atoms with Crippen LogP contribution in [0.25, 0.3) is 0 Å². The molecule has 0 bridgehead atoms. The zero-order valence-corrected chi connectivity index (χ0v) is 42.7. The molecule has 0 heterocycles. The van der Waals surface area contributed by atoms with Gasteiger partial charge in [0.2, 0.25) is 0 Å². The number of aliphatic hydroxyl groups is 3. The van der Waals surface area contributed by atoms with Gasteiger partial charge in [-0.15, -0.1) is 0 Å². The van der Waals surface area contributed by atoms with Gasteiger partial charge in [0.05, 0.1) is 26.4 Å². The SMILES string of the molecule is CCCCC/C=C/C=C/CCCCCCCCC(=O)OCC(O)COP(=O)(O)OCC(O)COP(=O)(O)OCC(O)COC(=O)CCCCCCCCCCC/C=C/CCCCCCCC. The molecule has 5 unspecified atom stereocenters. The topological polar surface area (TPSA) is 225 Å². The highest BCUT2D eigenvalue weighted by atomic mass is 31.2. The summed E-state index contributed by atoms with van der Waals surface area (Å²) in [6.45, 7) is 0.391. The van der Waals surface area contributed by atoms with E-state index in [0.29, 0.717) is 12.8 Å².